The summed E-state index contributed by atoms with van der Waals surface area (Å²) in [5.41, 5.74) is 0.170. The molecule has 1 aromatic rings. The third-order valence-corrected chi connectivity index (χ3v) is 4.36. The average Bonchev–Trinajstić information content (AvgIpc) is 2.33. The van der Waals surface area contributed by atoms with Crippen LogP contribution in [0.1, 0.15) is 36.5 Å². The van der Waals surface area contributed by atoms with E-state index in [1.807, 2.05) is 0 Å². The fourth-order valence-electron chi connectivity index (χ4n) is 1.45. The zero-order valence-electron chi connectivity index (χ0n) is 10.6. The Morgan fingerprint density at radius 1 is 1.37 bits per heavy atom. The van der Waals surface area contributed by atoms with E-state index in [1.54, 1.807) is 0 Å². The van der Waals surface area contributed by atoms with Crippen LogP contribution < -0.4 is 5.14 Å². The number of ether oxygens (including phenoxy) is 1. The SMILES string of the molecule is CCCCCOC(=O)c1ccc(Br)c(S(N)(=O)=O)c1. The molecule has 0 aliphatic heterocycles. The van der Waals surface area contributed by atoms with Gasteiger partial charge in [0.25, 0.3) is 0 Å². The Kier molecular flexibility index (Phi) is 5.96. The van der Waals surface area contributed by atoms with Gasteiger partial charge < -0.3 is 4.74 Å². The summed E-state index contributed by atoms with van der Waals surface area (Å²) in [6, 6.07) is 4.16. The smallest absolute Gasteiger partial charge is 0.338 e. The molecule has 0 atom stereocenters. The van der Waals surface area contributed by atoms with Crippen LogP contribution in [0.3, 0.4) is 0 Å². The van der Waals surface area contributed by atoms with E-state index in [2.05, 4.69) is 22.9 Å². The van der Waals surface area contributed by atoms with E-state index < -0.39 is 16.0 Å². The molecule has 0 aromatic heterocycles. The fraction of sp³-hybridized carbons (Fsp3) is 0.417. The summed E-state index contributed by atoms with van der Waals surface area (Å²) < 4.78 is 28.0. The molecule has 7 heteroatoms. The van der Waals surface area contributed by atoms with Gasteiger partial charge in [-0.2, -0.15) is 0 Å². The third kappa shape index (κ3) is 4.93. The molecule has 0 spiro atoms. The van der Waals surface area contributed by atoms with E-state index >= 15 is 0 Å². The lowest BCUT2D eigenvalue weighted by molar-refractivity contribution is 0.0498. The van der Waals surface area contributed by atoms with Crippen molar-refractivity contribution in [2.45, 2.75) is 31.1 Å². The number of halogens is 1. The Morgan fingerprint density at radius 3 is 2.63 bits per heavy atom. The number of carbonyl (C=O) groups is 1. The van der Waals surface area contributed by atoms with Crippen molar-refractivity contribution in [3.05, 3.63) is 28.2 Å². The van der Waals surface area contributed by atoms with E-state index in [1.165, 1.54) is 18.2 Å². The predicted octanol–water partition coefficient (Wildman–Crippen LogP) is 2.44. The molecule has 2 N–H and O–H groups in total. The molecular formula is C12H16BrNO4S. The highest BCUT2D eigenvalue weighted by molar-refractivity contribution is 9.10. The number of benzene rings is 1. The Morgan fingerprint density at radius 2 is 2.05 bits per heavy atom. The van der Waals surface area contributed by atoms with Gasteiger partial charge in [-0.1, -0.05) is 19.8 Å². The van der Waals surface area contributed by atoms with Gasteiger partial charge in [0.2, 0.25) is 10.0 Å². The Balaban J connectivity index is 2.82. The number of carbonyl (C=O) groups excluding carboxylic acids is 1. The molecule has 5 nitrogen and oxygen atoms in total. The molecule has 106 valence electrons. The van der Waals surface area contributed by atoms with E-state index in [-0.39, 0.29) is 10.5 Å². The van der Waals surface area contributed by atoms with E-state index in [0.29, 0.717) is 11.1 Å². The van der Waals surface area contributed by atoms with Crippen LogP contribution in [-0.2, 0) is 14.8 Å². The highest BCUT2D eigenvalue weighted by Gasteiger charge is 2.16. The first-order valence-electron chi connectivity index (χ1n) is 5.85. The highest BCUT2D eigenvalue weighted by Crippen LogP contribution is 2.22. The summed E-state index contributed by atoms with van der Waals surface area (Å²) in [4.78, 5) is 11.6. The van der Waals surface area contributed by atoms with Gasteiger partial charge in [-0.15, -0.1) is 0 Å². The lowest BCUT2D eigenvalue weighted by Gasteiger charge is -2.07. The molecule has 0 saturated carbocycles. The van der Waals surface area contributed by atoms with Crippen molar-refractivity contribution in [3.63, 3.8) is 0 Å². The van der Waals surface area contributed by atoms with Crippen LogP contribution in [0.25, 0.3) is 0 Å². The number of hydrogen-bond acceptors (Lipinski definition) is 4. The van der Waals surface area contributed by atoms with Crippen LogP contribution in [-0.4, -0.2) is 21.0 Å². The first kappa shape index (κ1) is 16.1. The van der Waals surface area contributed by atoms with Gasteiger partial charge >= 0.3 is 5.97 Å². The number of esters is 1. The predicted molar refractivity (Wildman–Crippen MR) is 75.3 cm³/mol. The fourth-order valence-corrected chi connectivity index (χ4v) is 3.00. The Bertz CT molecular complexity index is 557. The second kappa shape index (κ2) is 7.02. The molecule has 0 aliphatic rings. The monoisotopic (exact) mass is 349 g/mol. The van der Waals surface area contributed by atoms with Crippen molar-refractivity contribution in [1.29, 1.82) is 0 Å². The maximum Gasteiger partial charge on any atom is 0.338 e. The van der Waals surface area contributed by atoms with Gasteiger partial charge in [0.15, 0.2) is 0 Å². The molecule has 0 bridgehead atoms. The third-order valence-electron chi connectivity index (χ3n) is 2.45. The summed E-state index contributed by atoms with van der Waals surface area (Å²) in [6.45, 7) is 2.38. The summed E-state index contributed by atoms with van der Waals surface area (Å²) in [7, 11) is -3.87. The van der Waals surface area contributed by atoms with Crippen molar-refractivity contribution in [3.8, 4) is 0 Å². The van der Waals surface area contributed by atoms with Crippen molar-refractivity contribution >= 4 is 31.9 Å². The molecule has 0 amide bonds. The zero-order chi connectivity index (χ0) is 14.5. The van der Waals surface area contributed by atoms with Crippen LogP contribution in [0.5, 0.6) is 0 Å². The normalized spacial score (nSPS) is 11.3. The second-order valence-electron chi connectivity index (χ2n) is 4.03. The molecule has 0 saturated heterocycles. The molecular weight excluding hydrogens is 334 g/mol. The number of primary sulfonamides is 1. The zero-order valence-corrected chi connectivity index (χ0v) is 13.0. The molecule has 1 rings (SSSR count). The number of rotatable bonds is 6. The molecule has 0 heterocycles. The topological polar surface area (TPSA) is 86.5 Å². The summed E-state index contributed by atoms with van der Waals surface area (Å²) >= 11 is 3.08. The van der Waals surface area contributed by atoms with E-state index in [0.717, 1.165) is 19.3 Å². The van der Waals surface area contributed by atoms with Gasteiger partial charge in [0.1, 0.15) is 0 Å². The molecule has 0 radical (unpaired) electrons. The lowest BCUT2D eigenvalue weighted by Crippen LogP contribution is -2.14. The molecule has 0 unspecified atom stereocenters. The maximum atomic E-state index is 11.7. The standard InChI is InChI=1S/C12H16BrNO4S/c1-2-3-4-7-18-12(15)9-5-6-10(13)11(8-9)19(14,16)17/h5-6,8H,2-4,7H2,1H3,(H2,14,16,17). The quantitative estimate of drug-likeness (QED) is 0.631. The average molecular weight is 350 g/mol. The second-order valence-corrected chi connectivity index (χ2v) is 6.42. The van der Waals surface area contributed by atoms with Crippen molar-refractivity contribution < 1.29 is 17.9 Å². The van der Waals surface area contributed by atoms with Crippen molar-refractivity contribution in [2.24, 2.45) is 5.14 Å². The molecule has 0 fully saturated rings. The van der Waals surface area contributed by atoms with Gasteiger partial charge in [0, 0.05) is 4.47 Å². The van der Waals surface area contributed by atoms with E-state index in [9.17, 15) is 13.2 Å². The lowest BCUT2D eigenvalue weighted by atomic mass is 10.2. The van der Waals surface area contributed by atoms with Gasteiger partial charge in [0.05, 0.1) is 17.1 Å². The van der Waals surface area contributed by atoms with Crippen molar-refractivity contribution in [1.82, 2.24) is 0 Å². The van der Waals surface area contributed by atoms with Crippen LogP contribution in [0.15, 0.2) is 27.6 Å². The van der Waals surface area contributed by atoms with Gasteiger partial charge in [-0.05, 0) is 40.5 Å². The first-order chi connectivity index (χ1) is 8.86. The minimum Gasteiger partial charge on any atom is -0.462 e. The molecule has 19 heavy (non-hydrogen) atoms. The number of unbranched alkanes of at least 4 members (excludes halogenated alkanes) is 2. The largest absolute Gasteiger partial charge is 0.462 e. The van der Waals surface area contributed by atoms with Crippen LogP contribution in [0.2, 0.25) is 0 Å². The number of hydrogen-bond donors (Lipinski definition) is 1. The molecule has 0 aliphatic carbocycles. The first-order valence-corrected chi connectivity index (χ1v) is 8.19. The van der Waals surface area contributed by atoms with Crippen LogP contribution >= 0.6 is 15.9 Å². The van der Waals surface area contributed by atoms with Crippen LogP contribution in [0.4, 0.5) is 0 Å². The number of sulfonamides is 1. The number of nitrogens with two attached hydrogens (primary N) is 1. The van der Waals surface area contributed by atoms with Crippen LogP contribution in [0, 0.1) is 0 Å². The minimum absolute atomic E-state index is 0.129. The van der Waals surface area contributed by atoms with Gasteiger partial charge in [-0.3, -0.25) is 0 Å². The summed E-state index contributed by atoms with van der Waals surface area (Å²) in [5, 5.41) is 5.06. The molecule has 1 aromatic carbocycles. The Hall–Kier alpha value is -0.920. The summed E-state index contributed by atoms with van der Waals surface area (Å²) in [6.07, 6.45) is 2.81. The highest BCUT2D eigenvalue weighted by atomic mass is 79.9. The Labute approximate surface area is 121 Å². The van der Waals surface area contributed by atoms with Gasteiger partial charge in [-0.25, -0.2) is 18.4 Å². The summed E-state index contributed by atoms with van der Waals surface area (Å²) in [5.74, 6) is -0.548. The maximum absolute atomic E-state index is 11.7. The minimum atomic E-state index is -3.87. The van der Waals surface area contributed by atoms with E-state index in [4.69, 9.17) is 9.88 Å². The van der Waals surface area contributed by atoms with Crippen molar-refractivity contribution in [2.75, 3.05) is 6.61 Å².